The third-order valence-corrected chi connectivity index (χ3v) is 3.08. The van der Waals surface area contributed by atoms with Crippen LogP contribution in [-0.2, 0) is 0 Å². The maximum Gasteiger partial charge on any atom is 0.119 e. The lowest BCUT2D eigenvalue weighted by atomic mass is 10.0. The van der Waals surface area contributed by atoms with Gasteiger partial charge in [-0.2, -0.15) is 0 Å². The van der Waals surface area contributed by atoms with Gasteiger partial charge in [-0.1, -0.05) is 13.8 Å². The molecule has 1 aromatic heterocycles. The Morgan fingerprint density at radius 3 is 2.56 bits per heavy atom. The van der Waals surface area contributed by atoms with E-state index in [0.717, 1.165) is 33.6 Å². The van der Waals surface area contributed by atoms with Gasteiger partial charge in [-0.25, -0.2) is 0 Å². The number of methoxy groups -OCH3 is 1. The Morgan fingerprint density at radius 1 is 1.28 bits per heavy atom. The Morgan fingerprint density at radius 2 is 2.00 bits per heavy atom. The molecule has 3 N–H and O–H groups in total. The van der Waals surface area contributed by atoms with E-state index in [1.807, 2.05) is 25.1 Å². The van der Waals surface area contributed by atoms with E-state index in [4.69, 9.17) is 15.6 Å². The van der Waals surface area contributed by atoms with E-state index >= 15 is 0 Å². The second kappa shape index (κ2) is 4.82. The fourth-order valence-electron chi connectivity index (χ4n) is 2.02. The number of aryl methyl sites for hydroxylation is 1. The van der Waals surface area contributed by atoms with Crippen molar-refractivity contribution in [3.63, 3.8) is 0 Å². The Kier molecular flexibility index (Phi) is 3.39. The van der Waals surface area contributed by atoms with E-state index in [1.165, 1.54) is 0 Å². The average Bonchev–Trinajstić information content (AvgIpc) is 2.37. The number of rotatable bonds is 3. The molecule has 0 atom stereocenters. The fraction of sp³-hybridized carbons (Fsp3) is 0.357. The Bertz CT molecular complexity index is 579. The summed E-state index contributed by atoms with van der Waals surface area (Å²) in [4.78, 5) is 4.71. The van der Waals surface area contributed by atoms with Gasteiger partial charge < -0.3 is 10.2 Å². The van der Waals surface area contributed by atoms with Gasteiger partial charge in [0.15, 0.2) is 0 Å². The van der Waals surface area contributed by atoms with Crippen LogP contribution in [0.1, 0.15) is 31.0 Å². The van der Waals surface area contributed by atoms with E-state index in [2.05, 4.69) is 19.3 Å². The molecule has 0 fully saturated rings. The van der Waals surface area contributed by atoms with Crippen LogP contribution in [0.15, 0.2) is 18.2 Å². The molecular weight excluding hydrogens is 226 g/mol. The molecule has 0 aliphatic heterocycles. The molecule has 4 heteroatoms. The molecule has 4 nitrogen and oxygen atoms in total. The summed E-state index contributed by atoms with van der Waals surface area (Å²) in [6, 6.07) is 5.93. The number of hydrogen-bond acceptors (Lipinski definition) is 4. The Balaban J connectivity index is 2.78. The summed E-state index contributed by atoms with van der Waals surface area (Å²) in [7, 11) is 1.66. The normalized spacial score (nSPS) is 11.0. The molecule has 0 aliphatic rings. The SMILES string of the molecule is COc1cc(C)c2nc(C(C)C)cc(NN)c2c1. The molecule has 0 saturated heterocycles. The average molecular weight is 245 g/mol. The minimum absolute atomic E-state index is 0.364. The minimum Gasteiger partial charge on any atom is -0.497 e. The number of nitrogens with two attached hydrogens (primary N) is 1. The van der Waals surface area contributed by atoms with E-state index in [9.17, 15) is 0 Å². The van der Waals surface area contributed by atoms with Gasteiger partial charge >= 0.3 is 0 Å². The zero-order chi connectivity index (χ0) is 13.3. The first kappa shape index (κ1) is 12.6. The molecule has 0 bridgehead atoms. The molecule has 2 rings (SSSR count). The molecule has 0 spiro atoms. The molecule has 96 valence electrons. The predicted molar refractivity (Wildman–Crippen MR) is 74.9 cm³/mol. The molecule has 0 radical (unpaired) electrons. The molecule has 0 unspecified atom stereocenters. The highest BCUT2D eigenvalue weighted by Crippen LogP contribution is 2.31. The number of pyridine rings is 1. The van der Waals surface area contributed by atoms with Crippen LogP contribution >= 0.6 is 0 Å². The van der Waals surface area contributed by atoms with Crippen LogP contribution in [0.5, 0.6) is 5.75 Å². The summed E-state index contributed by atoms with van der Waals surface area (Å²) >= 11 is 0. The van der Waals surface area contributed by atoms with E-state index in [-0.39, 0.29) is 0 Å². The first-order valence-electron chi connectivity index (χ1n) is 6.02. The van der Waals surface area contributed by atoms with Gasteiger partial charge in [0, 0.05) is 11.1 Å². The van der Waals surface area contributed by atoms with Gasteiger partial charge in [-0.05, 0) is 36.6 Å². The van der Waals surface area contributed by atoms with Crippen molar-refractivity contribution in [2.75, 3.05) is 12.5 Å². The van der Waals surface area contributed by atoms with Crippen LogP contribution in [0.25, 0.3) is 10.9 Å². The Labute approximate surface area is 107 Å². The summed E-state index contributed by atoms with van der Waals surface area (Å²) in [6.07, 6.45) is 0. The fourth-order valence-corrected chi connectivity index (χ4v) is 2.02. The highest BCUT2D eigenvalue weighted by Gasteiger charge is 2.11. The predicted octanol–water partition coefficient (Wildman–Crippen LogP) is 2.96. The number of hydrogen-bond donors (Lipinski definition) is 2. The number of anilines is 1. The van der Waals surface area contributed by atoms with Crippen LogP contribution in [0, 0.1) is 6.92 Å². The molecular formula is C14H19N3O. The van der Waals surface area contributed by atoms with Crippen molar-refractivity contribution in [1.82, 2.24) is 4.98 Å². The van der Waals surface area contributed by atoms with Gasteiger partial charge in [0.05, 0.1) is 18.3 Å². The van der Waals surface area contributed by atoms with Crippen LogP contribution in [0.4, 0.5) is 5.69 Å². The highest BCUT2D eigenvalue weighted by molar-refractivity contribution is 5.94. The zero-order valence-corrected chi connectivity index (χ0v) is 11.2. The number of nitrogens with one attached hydrogen (secondary N) is 1. The number of nitrogens with zero attached hydrogens (tertiary/aromatic N) is 1. The lowest BCUT2D eigenvalue weighted by Crippen LogP contribution is -2.09. The monoisotopic (exact) mass is 245 g/mol. The number of aromatic nitrogens is 1. The molecule has 1 heterocycles. The molecule has 0 amide bonds. The van der Waals surface area contributed by atoms with Crippen molar-refractivity contribution in [3.8, 4) is 5.75 Å². The maximum atomic E-state index is 5.61. The minimum atomic E-state index is 0.364. The largest absolute Gasteiger partial charge is 0.497 e. The molecule has 1 aromatic carbocycles. The van der Waals surface area contributed by atoms with Gasteiger partial charge in [0.25, 0.3) is 0 Å². The lowest BCUT2D eigenvalue weighted by molar-refractivity contribution is 0.415. The van der Waals surface area contributed by atoms with Crippen LogP contribution in [-0.4, -0.2) is 12.1 Å². The van der Waals surface area contributed by atoms with Gasteiger partial charge in [-0.3, -0.25) is 10.8 Å². The first-order valence-corrected chi connectivity index (χ1v) is 6.02. The third kappa shape index (κ3) is 2.11. The highest BCUT2D eigenvalue weighted by atomic mass is 16.5. The number of nitrogen functional groups attached to an aromatic ring is 1. The summed E-state index contributed by atoms with van der Waals surface area (Å²) in [5, 5.41) is 0.985. The van der Waals surface area contributed by atoms with Crippen molar-refractivity contribution < 1.29 is 4.74 Å². The number of fused-ring (bicyclic) bond motifs is 1. The van der Waals surface area contributed by atoms with Crippen LogP contribution in [0.2, 0.25) is 0 Å². The lowest BCUT2D eigenvalue weighted by Gasteiger charge is -2.13. The van der Waals surface area contributed by atoms with Crippen molar-refractivity contribution in [2.45, 2.75) is 26.7 Å². The van der Waals surface area contributed by atoms with E-state index in [1.54, 1.807) is 7.11 Å². The molecule has 18 heavy (non-hydrogen) atoms. The zero-order valence-electron chi connectivity index (χ0n) is 11.2. The topological polar surface area (TPSA) is 60.2 Å². The van der Waals surface area contributed by atoms with Gasteiger partial charge in [0.1, 0.15) is 5.75 Å². The van der Waals surface area contributed by atoms with Crippen molar-refractivity contribution in [1.29, 1.82) is 0 Å². The number of hydrazine groups is 1. The quantitative estimate of drug-likeness (QED) is 0.644. The first-order chi connectivity index (χ1) is 8.56. The van der Waals surface area contributed by atoms with E-state index < -0.39 is 0 Å². The smallest absolute Gasteiger partial charge is 0.119 e. The maximum absolute atomic E-state index is 5.61. The molecule has 0 aliphatic carbocycles. The van der Waals surface area contributed by atoms with E-state index in [0.29, 0.717) is 5.92 Å². The van der Waals surface area contributed by atoms with Crippen molar-refractivity contribution in [2.24, 2.45) is 5.84 Å². The Hall–Kier alpha value is -1.81. The van der Waals surface area contributed by atoms with Gasteiger partial charge in [0.2, 0.25) is 0 Å². The molecule has 0 saturated carbocycles. The van der Waals surface area contributed by atoms with Gasteiger partial charge in [-0.15, -0.1) is 0 Å². The number of benzene rings is 1. The molecule has 2 aromatic rings. The van der Waals surface area contributed by atoms with Crippen LogP contribution in [0.3, 0.4) is 0 Å². The summed E-state index contributed by atoms with van der Waals surface area (Å²) in [5.41, 5.74) is 6.71. The van der Waals surface area contributed by atoms with Crippen LogP contribution < -0.4 is 16.0 Å². The standard InChI is InChI=1S/C14H19N3O/c1-8(2)12-7-13(17-15)11-6-10(18-4)5-9(3)14(11)16-12/h5-8H,15H2,1-4H3,(H,16,17). The number of ether oxygens (including phenoxy) is 1. The van der Waals surface area contributed by atoms with Crippen molar-refractivity contribution >= 4 is 16.6 Å². The second-order valence-corrected chi connectivity index (χ2v) is 4.73. The summed E-state index contributed by atoms with van der Waals surface area (Å²) in [6.45, 7) is 6.27. The summed E-state index contributed by atoms with van der Waals surface area (Å²) < 4.78 is 5.28. The second-order valence-electron chi connectivity index (χ2n) is 4.73. The summed E-state index contributed by atoms with van der Waals surface area (Å²) in [5.74, 6) is 6.79. The van der Waals surface area contributed by atoms with Crippen molar-refractivity contribution in [3.05, 3.63) is 29.5 Å². The third-order valence-electron chi connectivity index (χ3n) is 3.08.